The zero-order chi connectivity index (χ0) is 49.8. The molecular weight excluding hydrogens is 866 g/mol. The molecule has 1 N–H and O–H groups in total. The molecule has 9 heteroatoms. The van der Waals surface area contributed by atoms with Crippen molar-refractivity contribution in [1.29, 1.82) is 0 Å². The molecule has 0 aromatic carbocycles. The average molecular weight is 982 g/mol. The van der Waals surface area contributed by atoms with Crippen molar-refractivity contribution in [2.45, 2.75) is 283 Å². The number of esters is 1. The van der Waals surface area contributed by atoms with Crippen LogP contribution in [-0.4, -0.2) is 75.6 Å². The number of phosphoric acid groups is 1. The number of allylic oxidation sites excluding steroid dienone is 6. The number of quaternary nitrogens is 1. The topological polar surface area (TPSA) is 91.3 Å². The zero-order valence-electron chi connectivity index (χ0n) is 45.9. The highest BCUT2D eigenvalue weighted by Gasteiger charge is 2.26. The molecule has 0 saturated heterocycles. The van der Waals surface area contributed by atoms with Crippen LogP contribution in [0.25, 0.3) is 0 Å². The maximum atomic E-state index is 12.8. The molecule has 2 atom stereocenters. The van der Waals surface area contributed by atoms with Crippen LogP contribution >= 0.6 is 7.82 Å². The predicted molar refractivity (Wildman–Crippen MR) is 293 cm³/mol. The van der Waals surface area contributed by atoms with Crippen LogP contribution in [0.15, 0.2) is 36.5 Å². The van der Waals surface area contributed by atoms with E-state index in [-0.39, 0.29) is 25.8 Å². The molecule has 402 valence electrons. The zero-order valence-corrected chi connectivity index (χ0v) is 46.8. The van der Waals surface area contributed by atoms with Gasteiger partial charge < -0.3 is 18.9 Å². The first-order valence-electron chi connectivity index (χ1n) is 29.2. The van der Waals surface area contributed by atoms with E-state index in [9.17, 15) is 14.3 Å². The molecule has 0 aliphatic rings. The van der Waals surface area contributed by atoms with Gasteiger partial charge >= 0.3 is 13.8 Å². The standard InChI is InChI=1S/C59H114NO7P/c1-6-8-10-12-14-16-18-20-22-24-26-28-30-31-33-35-37-39-41-43-45-47-49-51-54-64-56-58(57-66-68(62,63)65-55-53-60(3,4)5)67-59(61)52-50-48-46-44-42-40-38-36-34-32-29-27-25-23-21-19-17-15-13-11-9-7-2/h18,20,24,26,30-31,58H,6-17,19,21-23,25,27-29,32-57H2,1-5H3/p+1/b20-18-,26-24-,31-30-. The number of nitrogens with zero attached hydrogens (tertiary/aromatic N) is 1. The van der Waals surface area contributed by atoms with E-state index in [1.165, 1.54) is 212 Å². The highest BCUT2D eigenvalue weighted by Crippen LogP contribution is 2.43. The van der Waals surface area contributed by atoms with E-state index in [1.807, 2.05) is 21.1 Å². The van der Waals surface area contributed by atoms with Crippen molar-refractivity contribution in [1.82, 2.24) is 0 Å². The van der Waals surface area contributed by atoms with E-state index in [0.29, 0.717) is 24.1 Å². The Balaban J connectivity index is 4.06. The number of carbonyl (C=O) groups is 1. The molecule has 0 bridgehead atoms. The lowest BCUT2D eigenvalue weighted by atomic mass is 10.0. The van der Waals surface area contributed by atoms with Crippen LogP contribution < -0.4 is 0 Å². The van der Waals surface area contributed by atoms with Gasteiger partial charge in [-0.15, -0.1) is 0 Å². The third-order valence-corrected chi connectivity index (χ3v) is 13.9. The lowest BCUT2D eigenvalue weighted by molar-refractivity contribution is -0.870. The van der Waals surface area contributed by atoms with Crippen LogP contribution in [0, 0.1) is 0 Å². The summed E-state index contributed by atoms with van der Waals surface area (Å²) in [5, 5.41) is 0. The summed E-state index contributed by atoms with van der Waals surface area (Å²) in [6.07, 6.45) is 64.9. The fraction of sp³-hybridized carbons (Fsp3) is 0.881. The summed E-state index contributed by atoms with van der Waals surface area (Å²) in [6, 6.07) is 0. The van der Waals surface area contributed by atoms with Crippen molar-refractivity contribution >= 4 is 13.8 Å². The highest BCUT2D eigenvalue weighted by molar-refractivity contribution is 7.47. The van der Waals surface area contributed by atoms with E-state index in [2.05, 4.69) is 50.3 Å². The van der Waals surface area contributed by atoms with E-state index in [0.717, 1.165) is 44.9 Å². The molecule has 0 aliphatic carbocycles. The Bertz CT molecular complexity index is 1180. The molecule has 2 unspecified atom stereocenters. The van der Waals surface area contributed by atoms with E-state index < -0.39 is 13.9 Å². The minimum absolute atomic E-state index is 0.0889. The predicted octanol–water partition coefficient (Wildman–Crippen LogP) is 18.5. The normalized spacial score (nSPS) is 13.7. The molecule has 0 aromatic heterocycles. The molecule has 0 aromatic rings. The monoisotopic (exact) mass is 981 g/mol. The van der Waals surface area contributed by atoms with Crippen LogP contribution in [0.5, 0.6) is 0 Å². The number of likely N-dealkylation sites (N-methyl/N-ethyl adjacent to an activating group) is 1. The second-order valence-electron chi connectivity index (χ2n) is 21.0. The van der Waals surface area contributed by atoms with E-state index >= 15 is 0 Å². The summed E-state index contributed by atoms with van der Waals surface area (Å²) in [5.41, 5.74) is 0. The van der Waals surface area contributed by atoms with Crippen molar-refractivity contribution in [3.63, 3.8) is 0 Å². The van der Waals surface area contributed by atoms with E-state index in [4.69, 9.17) is 18.5 Å². The van der Waals surface area contributed by atoms with Gasteiger partial charge in [-0.2, -0.15) is 0 Å². The molecule has 0 spiro atoms. The Morgan fingerprint density at radius 3 is 1.21 bits per heavy atom. The summed E-state index contributed by atoms with van der Waals surface area (Å²) in [5.74, 6) is -0.309. The van der Waals surface area contributed by atoms with Crippen LogP contribution in [0.4, 0.5) is 0 Å². The van der Waals surface area contributed by atoms with Crippen LogP contribution in [0.3, 0.4) is 0 Å². The number of phosphoric ester groups is 1. The molecule has 0 radical (unpaired) electrons. The number of rotatable bonds is 55. The van der Waals surface area contributed by atoms with Gasteiger partial charge in [-0.1, -0.05) is 256 Å². The summed E-state index contributed by atoms with van der Waals surface area (Å²) >= 11 is 0. The van der Waals surface area contributed by atoms with Gasteiger partial charge in [0.15, 0.2) is 0 Å². The molecule has 0 fully saturated rings. The molecule has 0 amide bonds. The summed E-state index contributed by atoms with van der Waals surface area (Å²) in [6.45, 7) is 5.66. The summed E-state index contributed by atoms with van der Waals surface area (Å²) < 4.78 is 35.3. The van der Waals surface area contributed by atoms with Gasteiger partial charge in [0.2, 0.25) is 0 Å². The molecule has 0 aliphatic heterocycles. The lowest BCUT2D eigenvalue weighted by Crippen LogP contribution is -2.37. The SMILES string of the molecule is CCCCCCC/C=C\C/C=C\C/C=C\CCCCCCCCCCCOCC(COP(=O)(O)OCC[N+](C)(C)C)OC(=O)CCCCCCCCCCCCCCCCCCCCCCCC. The minimum Gasteiger partial charge on any atom is -0.457 e. The number of unbranched alkanes of at least 4 members (excludes halogenated alkanes) is 35. The fourth-order valence-electron chi connectivity index (χ4n) is 8.45. The van der Waals surface area contributed by atoms with Crippen molar-refractivity contribution in [3.05, 3.63) is 36.5 Å². The molecular formula is C59H115NO7P+. The lowest BCUT2D eigenvalue weighted by Gasteiger charge is -2.24. The van der Waals surface area contributed by atoms with Gasteiger partial charge in [0.1, 0.15) is 19.3 Å². The van der Waals surface area contributed by atoms with Crippen LogP contribution in [0.1, 0.15) is 277 Å². The van der Waals surface area contributed by atoms with Crippen LogP contribution in [0.2, 0.25) is 0 Å². The maximum Gasteiger partial charge on any atom is 0.472 e. The number of carbonyl (C=O) groups excluding carboxylic acids is 1. The second-order valence-corrected chi connectivity index (χ2v) is 22.5. The Hall–Kier alpha value is -1.28. The second kappa shape index (κ2) is 52.1. The van der Waals surface area contributed by atoms with Crippen molar-refractivity contribution in [2.75, 3.05) is 54.1 Å². The number of hydrogen-bond donors (Lipinski definition) is 1. The van der Waals surface area contributed by atoms with E-state index in [1.54, 1.807) is 0 Å². The largest absolute Gasteiger partial charge is 0.472 e. The molecule has 8 nitrogen and oxygen atoms in total. The number of hydrogen-bond acceptors (Lipinski definition) is 6. The van der Waals surface area contributed by atoms with Gasteiger partial charge in [0, 0.05) is 13.0 Å². The minimum atomic E-state index is -4.28. The first-order chi connectivity index (χ1) is 33.1. The molecule has 0 heterocycles. The third kappa shape index (κ3) is 55.6. The fourth-order valence-corrected chi connectivity index (χ4v) is 9.19. The highest BCUT2D eigenvalue weighted by atomic mass is 31.2. The smallest absolute Gasteiger partial charge is 0.457 e. The Kier molecular flexibility index (Phi) is 51.1. The molecule has 0 rings (SSSR count). The van der Waals surface area contributed by atoms with Crippen molar-refractivity contribution in [2.24, 2.45) is 0 Å². The van der Waals surface area contributed by atoms with Gasteiger partial charge in [0.25, 0.3) is 0 Å². The van der Waals surface area contributed by atoms with Crippen molar-refractivity contribution < 1.29 is 37.3 Å². The van der Waals surface area contributed by atoms with Gasteiger partial charge in [-0.25, -0.2) is 4.57 Å². The van der Waals surface area contributed by atoms with Crippen LogP contribution in [-0.2, 0) is 27.9 Å². The molecule has 0 saturated carbocycles. The summed E-state index contributed by atoms with van der Waals surface area (Å²) in [4.78, 5) is 23.1. The molecule has 68 heavy (non-hydrogen) atoms. The summed E-state index contributed by atoms with van der Waals surface area (Å²) in [7, 11) is 1.68. The first kappa shape index (κ1) is 66.7. The average Bonchev–Trinajstić information content (AvgIpc) is 3.30. The number of ether oxygens (including phenoxy) is 2. The quantitative estimate of drug-likeness (QED) is 0.0213. The van der Waals surface area contributed by atoms with Gasteiger partial charge in [-0.3, -0.25) is 13.8 Å². The van der Waals surface area contributed by atoms with Crippen molar-refractivity contribution in [3.8, 4) is 0 Å². The van der Waals surface area contributed by atoms with Gasteiger partial charge in [-0.05, 0) is 51.4 Å². The Morgan fingerprint density at radius 2 is 0.809 bits per heavy atom. The first-order valence-corrected chi connectivity index (χ1v) is 30.7. The Morgan fingerprint density at radius 1 is 0.456 bits per heavy atom. The third-order valence-electron chi connectivity index (χ3n) is 13.0. The maximum absolute atomic E-state index is 12.8. The van der Waals surface area contributed by atoms with Gasteiger partial charge in [0.05, 0.1) is 34.4 Å². The Labute approximate surface area is 423 Å².